The number of benzene rings is 1. The lowest BCUT2D eigenvalue weighted by molar-refractivity contribution is 0.418. The van der Waals surface area contributed by atoms with E-state index in [-0.39, 0.29) is 6.04 Å². The molecule has 2 aromatic rings. The second kappa shape index (κ2) is 5.69. The van der Waals surface area contributed by atoms with Crippen molar-refractivity contribution in [1.29, 1.82) is 0 Å². The molecule has 0 saturated carbocycles. The Kier molecular flexibility index (Phi) is 4.22. The van der Waals surface area contributed by atoms with E-state index in [9.17, 15) is 0 Å². The number of rotatable bonds is 4. The van der Waals surface area contributed by atoms with Crippen LogP contribution in [0.25, 0.3) is 0 Å². The van der Waals surface area contributed by atoms with Gasteiger partial charge in [-0.1, -0.05) is 36.2 Å². The summed E-state index contributed by atoms with van der Waals surface area (Å²) in [5.41, 5.74) is 6.77. The van der Waals surface area contributed by atoms with Crippen LogP contribution in [-0.2, 0) is 6.42 Å². The van der Waals surface area contributed by atoms with Crippen LogP contribution in [-0.4, -0.2) is 10.2 Å². The lowest BCUT2D eigenvalue weighted by atomic mass is 10.1. The van der Waals surface area contributed by atoms with E-state index in [1.54, 1.807) is 12.1 Å². The van der Waals surface area contributed by atoms with Crippen LogP contribution in [0.5, 0.6) is 0 Å². The van der Waals surface area contributed by atoms with Gasteiger partial charge >= 0.3 is 0 Å². The van der Waals surface area contributed by atoms with E-state index in [0.717, 1.165) is 12.0 Å². The summed E-state index contributed by atoms with van der Waals surface area (Å²) in [6.07, 6.45) is 1.27. The predicted molar refractivity (Wildman–Crippen MR) is 70.8 cm³/mol. The molecule has 1 heterocycles. The summed E-state index contributed by atoms with van der Waals surface area (Å²) in [5, 5.41) is 8.92. The van der Waals surface area contributed by atoms with Gasteiger partial charge < -0.3 is 10.2 Å². The van der Waals surface area contributed by atoms with E-state index in [0.29, 0.717) is 28.2 Å². The SMILES string of the molecule is CCC(N)c1nnc(Cc2ccc(Cl)c(Cl)c2)o1. The zero-order valence-electron chi connectivity index (χ0n) is 9.86. The number of halogens is 2. The van der Waals surface area contributed by atoms with Crippen LogP contribution < -0.4 is 5.73 Å². The lowest BCUT2D eigenvalue weighted by Gasteiger charge is -2.01. The molecule has 96 valence electrons. The molecule has 1 unspecified atom stereocenters. The van der Waals surface area contributed by atoms with Gasteiger partial charge in [-0.05, 0) is 24.1 Å². The number of hydrogen-bond donors (Lipinski definition) is 1. The van der Waals surface area contributed by atoms with Crippen LogP contribution in [0.15, 0.2) is 22.6 Å². The molecule has 0 fully saturated rings. The van der Waals surface area contributed by atoms with E-state index >= 15 is 0 Å². The average Bonchev–Trinajstić information content (AvgIpc) is 2.81. The Hall–Kier alpha value is -1.10. The molecule has 0 radical (unpaired) electrons. The molecule has 0 aliphatic rings. The highest BCUT2D eigenvalue weighted by molar-refractivity contribution is 6.42. The molecule has 0 aliphatic heterocycles. The van der Waals surface area contributed by atoms with Crippen LogP contribution in [0.3, 0.4) is 0 Å². The molecule has 1 aromatic carbocycles. The minimum Gasteiger partial charge on any atom is -0.423 e. The third-order valence-electron chi connectivity index (χ3n) is 2.58. The maximum Gasteiger partial charge on any atom is 0.233 e. The predicted octanol–water partition coefficient (Wildman–Crippen LogP) is 3.38. The highest BCUT2D eigenvalue weighted by Crippen LogP contribution is 2.24. The minimum absolute atomic E-state index is 0.208. The molecule has 0 spiro atoms. The quantitative estimate of drug-likeness (QED) is 0.935. The summed E-state index contributed by atoms with van der Waals surface area (Å²) < 4.78 is 5.49. The van der Waals surface area contributed by atoms with E-state index in [1.807, 2.05) is 13.0 Å². The van der Waals surface area contributed by atoms with Crippen molar-refractivity contribution in [2.24, 2.45) is 5.73 Å². The molecule has 0 bridgehead atoms. The van der Waals surface area contributed by atoms with Crippen LogP contribution >= 0.6 is 23.2 Å². The van der Waals surface area contributed by atoms with Crippen molar-refractivity contribution in [2.75, 3.05) is 0 Å². The second-order valence-corrected chi connectivity index (χ2v) is 4.79. The molecular weight excluding hydrogens is 273 g/mol. The Morgan fingerprint density at radius 2 is 2.06 bits per heavy atom. The molecule has 0 saturated heterocycles. The monoisotopic (exact) mass is 285 g/mol. The van der Waals surface area contributed by atoms with Crippen molar-refractivity contribution >= 4 is 23.2 Å². The second-order valence-electron chi connectivity index (χ2n) is 3.97. The fourth-order valence-electron chi connectivity index (χ4n) is 1.49. The van der Waals surface area contributed by atoms with Gasteiger partial charge in [0.25, 0.3) is 0 Å². The highest BCUT2D eigenvalue weighted by atomic mass is 35.5. The summed E-state index contributed by atoms with van der Waals surface area (Å²) in [7, 11) is 0. The number of nitrogens with zero attached hydrogens (tertiary/aromatic N) is 2. The number of hydrogen-bond acceptors (Lipinski definition) is 4. The van der Waals surface area contributed by atoms with E-state index in [1.165, 1.54) is 0 Å². The molecule has 6 heteroatoms. The summed E-state index contributed by atoms with van der Waals surface area (Å²) in [5.74, 6) is 0.986. The van der Waals surface area contributed by atoms with Crippen molar-refractivity contribution in [3.05, 3.63) is 45.6 Å². The maximum absolute atomic E-state index is 5.94. The molecule has 0 amide bonds. The van der Waals surface area contributed by atoms with Gasteiger partial charge in [0.2, 0.25) is 11.8 Å². The molecule has 2 rings (SSSR count). The van der Waals surface area contributed by atoms with Crippen molar-refractivity contribution in [1.82, 2.24) is 10.2 Å². The first-order valence-electron chi connectivity index (χ1n) is 5.62. The Bertz CT molecular complexity index is 542. The van der Waals surface area contributed by atoms with Gasteiger partial charge in [0.05, 0.1) is 22.5 Å². The van der Waals surface area contributed by atoms with Gasteiger partial charge in [-0.15, -0.1) is 10.2 Å². The first-order valence-corrected chi connectivity index (χ1v) is 6.37. The van der Waals surface area contributed by atoms with E-state index < -0.39 is 0 Å². The van der Waals surface area contributed by atoms with Crippen molar-refractivity contribution in [2.45, 2.75) is 25.8 Å². The van der Waals surface area contributed by atoms with E-state index in [4.69, 9.17) is 33.4 Å². The summed E-state index contributed by atoms with van der Waals surface area (Å²) >= 11 is 11.8. The van der Waals surface area contributed by atoms with Crippen LogP contribution in [0.1, 0.15) is 36.7 Å². The fourth-order valence-corrected chi connectivity index (χ4v) is 1.81. The standard InChI is InChI=1S/C12H13Cl2N3O/c1-2-10(15)12-17-16-11(18-12)6-7-3-4-8(13)9(14)5-7/h3-5,10H,2,6,15H2,1H3. The Labute approximate surface area is 115 Å². The number of nitrogens with two attached hydrogens (primary N) is 1. The largest absolute Gasteiger partial charge is 0.423 e. The van der Waals surface area contributed by atoms with Gasteiger partial charge in [0, 0.05) is 0 Å². The zero-order chi connectivity index (χ0) is 13.1. The van der Waals surface area contributed by atoms with Crippen molar-refractivity contribution < 1.29 is 4.42 Å². The van der Waals surface area contributed by atoms with Gasteiger partial charge in [-0.25, -0.2) is 0 Å². The first-order chi connectivity index (χ1) is 8.60. The highest BCUT2D eigenvalue weighted by Gasteiger charge is 2.13. The molecule has 0 aliphatic carbocycles. The average molecular weight is 286 g/mol. The third kappa shape index (κ3) is 3.02. The minimum atomic E-state index is -0.208. The lowest BCUT2D eigenvalue weighted by Crippen LogP contribution is -2.08. The zero-order valence-corrected chi connectivity index (χ0v) is 11.4. The van der Waals surface area contributed by atoms with Gasteiger partial charge in [0.15, 0.2) is 0 Å². The van der Waals surface area contributed by atoms with Crippen molar-refractivity contribution in [3.63, 3.8) is 0 Å². The Morgan fingerprint density at radius 3 is 2.72 bits per heavy atom. The topological polar surface area (TPSA) is 64.9 Å². The van der Waals surface area contributed by atoms with Crippen LogP contribution in [0.4, 0.5) is 0 Å². The van der Waals surface area contributed by atoms with Crippen molar-refractivity contribution in [3.8, 4) is 0 Å². The summed E-state index contributed by atoms with van der Waals surface area (Å²) in [6.45, 7) is 1.97. The summed E-state index contributed by atoms with van der Waals surface area (Å²) in [4.78, 5) is 0. The molecule has 1 atom stereocenters. The Morgan fingerprint density at radius 1 is 1.28 bits per heavy atom. The first kappa shape index (κ1) is 13.3. The molecule has 18 heavy (non-hydrogen) atoms. The van der Waals surface area contributed by atoms with Gasteiger partial charge in [-0.2, -0.15) is 0 Å². The van der Waals surface area contributed by atoms with Crippen LogP contribution in [0, 0.1) is 0 Å². The molecule has 1 aromatic heterocycles. The normalized spacial score (nSPS) is 12.7. The van der Waals surface area contributed by atoms with Gasteiger partial charge in [-0.3, -0.25) is 0 Å². The molecule has 2 N–H and O–H groups in total. The fraction of sp³-hybridized carbons (Fsp3) is 0.333. The maximum atomic E-state index is 5.94. The molecule has 4 nitrogen and oxygen atoms in total. The summed E-state index contributed by atoms with van der Waals surface area (Å²) in [6, 6.07) is 5.19. The molecular formula is C12H13Cl2N3O. The third-order valence-corrected chi connectivity index (χ3v) is 3.32. The van der Waals surface area contributed by atoms with Gasteiger partial charge in [0.1, 0.15) is 0 Å². The number of aromatic nitrogens is 2. The Balaban J connectivity index is 2.13. The van der Waals surface area contributed by atoms with Crippen LogP contribution in [0.2, 0.25) is 10.0 Å². The van der Waals surface area contributed by atoms with E-state index in [2.05, 4.69) is 10.2 Å². The smallest absolute Gasteiger partial charge is 0.233 e.